The molecule has 1 nitrogen and oxygen atoms in total. The number of unbranched alkanes of at least 4 members (excludes halogenated alkanes) is 4. The van der Waals surface area contributed by atoms with E-state index in [1.165, 1.54) is 12.8 Å². The Labute approximate surface area is 110 Å². The van der Waals surface area contributed by atoms with E-state index in [2.05, 4.69) is 19.2 Å². The highest BCUT2D eigenvalue weighted by molar-refractivity contribution is 4.68. The smallest absolute Gasteiger partial charge is 0.314 e. The molecule has 0 bridgehead atoms. The van der Waals surface area contributed by atoms with Gasteiger partial charge in [-0.1, -0.05) is 52.4 Å². The molecule has 18 heavy (non-hydrogen) atoms. The SMILES string of the molecule is CCCCCC(CCCCC)NCCC(F)(F)F. The average Bonchev–Trinajstić information content (AvgIpc) is 2.27. The van der Waals surface area contributed by atoms with Crippen molar-refractivity contribution < 1.29 is 13.2 Å². The van der Waals surface area contributed by atoms with Crippen LogP contribution in [0, 0.1) is 0 Å². The van der Waals surface area contributed by atoms with E-state index >= 15 is 0 Å². The first-order valence-corrected chi connectivity index (χ1v) is 7.29. The summed E-state index contributed by atoms with van der Waals surface area (Å²) in [6.07, 6.45) is 4.16. The summed E-state index contributed by atoms with van der Waals surface area (Å²) < 4.78 is 36.2. The largest absolute Gasteiger partial charge is 0.390 e. The Bertz CT molecular complexity index is 170. The molecule has 0 spiro atoms. The van der Waals surface area contributed by atoms with Gasteiger partial charge in [0.15, 0.2) is 0 Å². The predicted octanol–water partition coefficient (Wildman–Crippen LogP) is 5.06. The van der Waals surface area contributed by atoms with Crippen LogP contribution in [0.4, 0.5) is 13.2 Å². The van der Waals surface area contributed by atoms with Crippen molar-refractivity contribution in [2.75, 3.05) is 6.54 Å². The maximum atomic E-state index is 12.1. The Morgan fingerprint density at radius 1 is 0.889 bits per heavy atom. The number of alkyl halides is 3. The van der Waals surface area contributed by atoms with Crippen LogP contribution < -0.4 is 5.32 Å². The Kier molecular flexibility index (Phi) is 10.5. The van der Waals surface area contributed by atoms with Crippen molar-refractivity contribution in [1.82, 2.24) is 5.32 Å². The molecule has 0 saturated carbocycles. The fraction of sp³-hybridized carbons (Fsp3) is 1.00. The second-order valence-corrected chi connectivity index (χ2v) is 5.01. The van der Waals surface area contributed by atoms with Gasteiger partial charge in [-0.3, -0.25) is 0 Å². The first kappa shape index (κ1) is 17.8. The van der Waals surface area contributed by atoms with Crippen LogP contribution in [0.2, 0.25) is 0 Å². The molecule has 4 heteroatoms. The van der Waals surface area contributed by atoms with Gasteiger partial charge in [0.2, 0.25) is 0 Å². The molecule has 0 aliphatic heterocycles. The number of nitrogens with one attached hydrogen (secondary N) is 1. The van der Waals surface area contributed by atoms with Crippen LogP contribution in [-0.4, -0.2) is 18.8 Å². The van der Waals surface area contributed by atoms with Crippen molar-refractivity contribution >= 4 is 0 Å². The monoisotopic (exact) mass is 267 g/mol. The summed E-state index contributed by atoms with van der Waals surface area (Å²) in [5.74, 6) is 0. The standard InChI is InChI=1S/C14H28F3N/c1-3-5-7-9-13(10-8-6-4-2)18-12-11-14(15,16)17/h13,18H,3-12H2,1-2H3. The minimum absolute atomic E-state index is 0.0619. The molecule has 0 heterocycles. The number of hydrogen-bond donors (Lipinski definition) is 1. The maximum absolute atomic E-state index is 12.1. The van der Waals surface area contributed by atoms with Crippen molar-refractivity contribution in [2.45, 2.75) is 83.9 Å². The molecular weight excluding hydrogens is 239 g/mol. The van der Waals surface area contributed by atoms with Gasteiger partial charge >= 0.3 is 6.18 Å². The van der Waals surface area contributed by atoms with Crippen LogP contribution in [0.15, 0.2) is 0 Å². The summed E-state index contributed by atoms with van der Waals surface area (Å²) in [5, 5.41) is 3.07. The van der Waals surface area contributed by atoms with Crippen LogP contribution in [0.25, 0.3) is 0 Å². The highest BCUT2D eigenvalue weighted by Crippen LogP contribution is 2.19. The van der Waals surface area contributed by atoms with Crippen LogP contribution in [0.5, 0.6) is 0 Å². The van der Waals surface area contributed by atoms with Gasteiger partial charge in [-0.2, -0.15) is 13.2 Å². The van der Waals surface area contributed by atoms with Crippen molar-refractivity contribution in [3.8, 4) is 0 Å². The second-order valence-electron chi connectivity index (χ2n) is 5.01. The minimum atomic E-state index is -4.04. The number of halogens is 3. The first-order chi connectivity index (χ1) is 8.49. The Hall–Kier alpha value is -0.250. The summed E-state index contributed by atoms with van der Waals surface area (Å²) >= 11 is 0. The molecule has 0 unspecified atom stereocenters. The van der Waals surface area contributed by atoms with Crippen LogP contribution >= 0.6 is 0 Å². The van der Waals surface area contributed by atoms with E-state index < -0.39 is 12.6 Å². The number of hydrogen-bond acceptors (Lipinski definition) is 1. The Morgan fingerprint density at radius 2 is 1.39 bits per heavy atom. The third-order valence-electron chi connectivity index (χ3n) is 3.15. The van der Waals surface area contributed by atoms with Gasteiger partial charge in [0, 0.05) is 12.6 Å². The molecule has 110 valence electrons. The lowest BCUT2D eigenvalue weighted by molar-refractivity contribution is -0.133. The first-order valence-electron chi connectivity index (χ1n) is 7.29. The Morgan fingerprint density at radius 3 is 1.78 bits per heavy atom. The summed E-state index contributed by atoms with van der Waals surface area (Å²) in [5.41, 5.74) is 0. The highest BCUT2D eigenvalue weighted by atomic mass is 19.4. The topological polar surface area (TPSA) is 12.0 Å². The van der Waals surface area contributed by atoms with Gasteiger partial charge in [0.1, 0.15) is 0 Å². The summed E-state index contributed by atoms with van der Waals surface area (Å²) in [4.78, 5) is 0. The normalized spacial score (nSPS) is 12.3. The van der Waals surface area contributed by atoms with Crippen molar-refractivity contribution in [2.24, 2.45) is 0 Å². The lowest BCUT2D eigenvalue weighted by Gasteiger charge is -2.19. The quantitative estimate of drug-likeness (QED) is 0.516. The molecule has 1 N–H and O–H groups in total. The van der Waals surface area contributed by atoms with E-state index in [9.17, 15) is 13.2 Å². The molecule has 0 rings (SSSR count). The lowest BCUT2D eigenvalue weighted by Crippen LogP contribution is -2.32. The molecule has 0 aromatic carbocycles. The molecular formula is C14H28F3N. The molecule has 0 saturated heterocycles. The third-order valence-corrected chi connectivity index (χ3v) is 3.15. The minimum Gasteiger partial charge on any atom is -0.314 e. The predicted molar refractivity (Wildman–Crippen MR) is 70.7 cm³/mol. The summed E-state index contributed by atoms with van der Waals surface area (Å²) in [6, 6.07) is 0.269. The van der Waals surface area contributed by atoms with E-state index in [0.29, 0.717) is 0 Å². The van der Waals surface area contributed by atoms with E-state index in [1.54, 1.807) is 0 Å². The number of rotatable bonds is 11. The van der Waals surface area contributed by atoms with Gasteiger partial charge in [-0.15, -0.1) is 0 Å². The Balaban J connectivity index is 3.80. The van der Waals surface area contributed by atoms with Gasteiger partial charge in [-0.05, 0) is 12.8 Å². The third kappa shape index (κ3) is 12.2. The molecule has 0 atom stereocenters. The van der Waals surface area contributed by atoms with Crippen LogP contribution in [-0.2, 0) is 0 Å². The van der Waals surface area contributed by atoms with Gasteiger partial charge in [0.25, 0.3) is 0 Å². The van der Waals surface area contributed by atoms with Crippen LogP contribution in [0.1, 0.15) is 71.6 Å². The van der Waals surface area contributed by atoms with Gasteiger partial charge in [0.05, 0.1) is 6.42 Å². The van der Waals surface area contributed by atoms with Crippen molar-refractivity contribution in [3.63, 3.8) is 0 Å². The fourth-order valence-electron chi connectivity index (χ4n) is 2.05. The van der Waals surface area contributed by atoms with Crippen molar-refractivity contribution in [1.29, 1.82) is 0 Å². The van der Waals surface area contributed by atoms with Crippen molar-refractivity contribution in [3.05, 3.63) is 0 Å². The molecule has 0 amide bonds. The second kappa shape index (κ2) is 10.7. The molecule has 0 radical (unpaired) electrons. The molecule has 0 aliphatic carbocycles. The molecule has 0 aromatic heterocycles. The highest BCUT2D eigenvalue weighted by Gasteiger charge is 2.26. The molecule has 0 aromatic rings. The zero-order valence-electron chi connectivity index (χ0n) is 11.8. The van der Waals surface area contributed by atoms with E-state index in [4.69, 9.17) is 0 Å². The van der Waals surface area contributed by atoms with Crippen LogP contribution in [0.3, 0.4) is 0 Å². The van der Waals surface area contributed by atoms with Gasteiger partial charge < -0.3 is 5.32 Å². The molecule has 0 fully saturated rings. The van der Waals surface area contributed by atoms with Gasteiger partial charge in [-0.25, -0.2) is 0 Å². The van der Waals surface area contributed by atoms with E-state index in [-0.39, 0.29) is 12.6 Å². The zero-order chi connectivity index (χ0) is 13.9. The van der Waals surface area contributed by atoms with E-state index in [1.807, 2.05) is 0 Å². The summed E-state index contributed by atoms with van der Waals surface area (Å²) in [6.45, 7) is 4.35. The maximum Gasteiger partial charge on any atom is 0.390 e. The molecule has 0 aliphatic rings. The zero-order valence-corrected chi connectivity index (χ0v) is 11.8. The van der Waals surface area contributed by atoms with E-state index in [0.717, 1.165) is 38.5 Å². The average molecular weight is 267 g/mol. The summed E-state index contributed by atoms with van der Waals surface area (Å²) in [7, 11) is 0. The fourth-order valence-corrected chi connectivity index (χ4v) is 2.05. The lowest BCUT2D eigenvalue weighted by atomic mass is 10.0.